The van der Waals surface area contributed by atoms with E-state index in [4.69, 9.17) is 16.3 Å². The van der Waals surface area contributed by atoms with Gasteiger partial charge < -0.3 is 20.6 Å². The zero-order valence-electron chi connectivity index (χ0n) is 16.9. The molecule has 4 rings (SSSR count). The third-order valence-corrected chi connectivity index (χ3v) is 5.40. The second kappa shape index (κ2) is 9.60. The lowest BCUT2D eigenvalue weighted by Gasteiger charge is -2.26. The SMILES string of the molecule is O=C(NCCN1CCOCC1)c1cc2c(cc1F)c(Nc1ccc(F)c(Cl)c1)nc[n+]2[O-]. The van der Waals surface area contributed by atoms with Gasteiger partial charge in [0.05, 0.1) is 29.2 Å². The van der Waals surface area contributed by atoms with Crippen molar-refractivity contribution in [3.05, 3.63) is 64.1 Å². The Hall–Kier alpha value is -3.08. The molecule has 32 heavy (non-hydrogen) atoms. The number of hydrogen-bond donors (Lipinski definition) is 2. The van der Waals surface area contributed by atoms with Gasteiger partial charge in [-0.3, -0.25) is 9.69 Å². The summed E-state index contributed by atoms with van der Waals surface area (Å²) in [5.74, 6) is -1.84. The van der Waals surface area contributed by atoms with Crippen LogP contribution in [0.4, 0.5) is 20.3 Å². The number of halogens is 3. The minimum absolute atomic E-state index is 0.0513. The summed E-state index contributed by atoms with van der Waals surface area (Å²) < 4.78 is 33.9. The number of aromatic nitrogens is 2. The molecule has 168 valence electrons. The van der Waals surface area contributed by atoms with E-state index in [1.807, 2.05) is 0 Å². The number of anilines is 2. The fraction of sp³-hybridized carbons (Fsp3) is 0.286. The van der Waals surface area contributed by atoms with Crippen molar-refractivity contribution in [1.29, 1.82) is 0 Å². The lowest BCUT2D eigenvalue weighted by atomic mass is 10.1. The van der Waals surface area contributed by atoms with Crippen LogP contribution in [-0.4, -0.2) is 55.2 Å². The van der Waals surface area contributed by atoms with Gasteiger partial charge in [0.25, 0.3) is 18.1 Å². The van der Waals surface area contributed by atoms with E-state index < -0.39 is 17.5 Å². The Morgan fingerprint density at radius 1 is 1.22 bits per heavy atom. The van der Waals surface area contributed by atoms with Gasteiger partial charge in [-0.2, -0.15) is 0 Å². The fourth-order valence-corrected chi connectivity index (χ4v) is 3.59. The van der Waals surface area contributed by atoms with Crippen LogP contribution >= 0.6 is 11.6 Å². The van der Waals surface area contributed by atoms with Gasteiger partial charge in [0.1, 0.15) is 17.2 Å². The van der Waals surface area contributed by atoms with Crippen molar-refractivity contribution < 1.29 is 23.0 Å². The summed E-state index contributed by atoms with van der Waals surface area (Å²) in [6.45, 7) is 3.79. The molecular formula is C21H20ClF2N5O3. The first kappa shape index (κ1) is 22.1. The number of ether oxygens (including phenoxy) is 1. The van der Waals surface area contributed by atoms with Gasteiger partial charge in [0, 0.05) is 37.9 Å². The van der Waals surface area contributed by atoms with E-state index in [-0.39, 0.29) is 27.3 Å². The highest BCUT2D eigenvalue weighted by Crippen LogP contribution is 2.27. The first-order valence-corrected chi connectivity index (χ1v) is 10.3. The summed E-state index contributed by atoms with van der Waals surface area (Å²) in [5.41, 5.74) is 0.209. The molecule has 0 saturated carbocycles. The zero-order chi connectivity index (χ0) is 22.7. The summed E-state index contributed by atoms with van der Waals surface area (Å²) in [7, 11) is 0. The molecule has 0 unspecified atom stereocenters. The van der Waals surface area contributed by atoms with E-state index >= 15 is 0 Å². The Labute approximate surface area is 187 Å². The lowest BCUT2D eigenvalue weighted by molar-refractivity contribution is -0.580. The molecule has 1 fully saturated rings. The largest absolute Gasteiger partial charge is 0.710 e. The quantitative estimate of drug-likeness (QED) is 0.431. The zero-order valence-corrected chi connectivity index (χ0v) is 17.7. The number of carbonyl (C=O) groups excluding carboxylic acids is 1. The third-order valence-electron chi connectivity index (χ3n) is 5.11. The Morgan fingerprint density at radius 2 is 2.00 bits per heavy atom. The molecule has 2 N–H and O–H groups in total. The van der Waals surface area contributed by atoms with E-state index in [2.05, 4.69) is 20.5 Å². The van der Waals surface area contributed by atoms with Crippen molar-refractivity contribution in [1.82, 2.24) is 15.2 Å². The summed E-state index contributed by atoms with van der Waals surface area (Å²) in [6.07, 6.45) is 0.994. The number of morpholine rings is 1. The summed E-state index contributed by atoms with van der Waals surface area (Å²) in [6, 6.07) is 6.20. The minimum Gasteiger partial charge on any atom is -0.710 e. The van der Waals surface area contributed by atoms with Crippen LogP contribution in [0.15, 0.2) is 36.7 Å². The number of nitrogens with one attached hydrogen (secondary N) is 2. The summed E-state index contributed by atoms with van der Waals surface area (Å²) in [5, 5.41) is 17.9. The van der Waals surface area contributed by atoms with Crippen molar-refractivity contribution in [3.8, 4) is 0 Å². The van der Waals surface area contributed by atoms with Crippen LogP contribution in [0.1, 0.15) is 10.4 Å². The maximum Gasteiger partial charge on any atom is 0.292 e. The van der Waals surface area contributed by atoms with Gasteiger partial charge in [0.15, 0.2) is 0 Å². The number of nitrogens with zero attached hydrogens (tertiary/aromatic N) is 3. The highest BCUT2D eigenvalue weighted by molar-refractivity contribution is 6.31. The van der Waals surface area contributed by atoms with Gasteiger partial charge in [-0.15, -0.1) is 0 Å². The molecule has 0 aliphatic carbocycles. The van der Waals surface area contributed by atoms with E-state index in [1.54, 1.807) is 0 Å². The predicted molar refractivity (Wildman–Crippen MR) is 115 cm³/mol. The molecule has 0 bridgehead atoms. The molecule has 2 aromatic carbocycles. The molecule has 3 aromatic rings. The first-order valence-electron chi connectivity index (χ1n) is 9.94. The minimum atomic E-state index is -0.797. The first-order chi connectivity index (χ1) is 15.4. The highest BCUT2D eigenvalue weighted by Gasteiger charge is 2.20. The standard InChI is InChI=1S/C21H20ClF2N5O3/c22-16-9-13(1-2-17(16)23)27-20-15-10-18(24)14(11-19(15)29(31)12-26-20)21(30)25-3-4-28-5-7-32-8-6-28/h1-2,9-12H,3-8H2,(H,25,30)(H,26,27). The monoisotopic (exact) mass is 463 g/mol. The van der Waals surface area contributed by atoms with Gasteiger partial charge in [-0.05, 0) is 29.2 Å². The number of hydrogen-bond acceptors (Lipinski definition) is 6. The van der Waals surface area contributed by atoms with Crippen molar-refractivity contribution >= 4 is 39.9 Å². The van der Waals surface area contributed by atoms with E-state index in [1.165, 1.54) is 24.3 Å². The van der Waals surface area contributed by atoms with Crippen LogP contribution < -0.4 is 15.4 Å². The van der Waals surface area contributed by atoms with Crippen LogP contribution in [0, 0.1) is 16.8 Å². The molecule has 0 spiro atoms. The molecule has 0 atom stereocenters. The maximum atomic E-state index is 14.8. The topological polar surface area (TPSA) is 93.4 Å². The summed E-state index contributed by atoms with van der Waals surface area (Å²) >= 11 is 5.79. The van der Waals surface area contributed by atoms with Gasteiger partial charge >= 0.3 is 0 Å². The second-order valence-corrected chi connectivity index (χ2v) is 7.64. The van der Waals surface area contributed by atoms with E-state index in [9.17, 15) is 18.8 Å². The number of benzene rings is 2. The smallest absolute Gasteiger partial charge is 0.292 e. The average molecular weight is 464 g/mol. The fourth-order valence-electron chi connectivity index (χ4n) is 3.41. The Bertz CT molecular complexity index is 1160. The van der Waals surface area contributed by atoms with Crippen LogP contribution in [0.25, 0.3) is 10.9 Å². The average Bonchev–Trinajstić information content (AvgIpc) is 2.78. The highest BCUT2D eigenvalue weighted by atomic mass is 35.5. The molecule has 1 aliphatic rings. The van der Waals surface area contributed by atoms with Crippen molar-refractivity contribution in [2.24, 2.45) is 0 Å². The van der Waals surface area contributed by atoms with Crippen LogP contribution in [-0.2, 0) is 4.74 Å². The molecule has 11 heteroatoms. The molecule has 1 saturated heterocycles. The second-order valence-electron chi connectivity index (χ2n) is 7.23. The van der Waals surface area contributed by atoms with Gasteiger partial charge in [0.2, 0.25) is 0 Å². The van der Waals surface area contributed by atoms with Crippen LogP contribution in [0.3, 0.4) is 0 Å². The molecule has 1 aliphatic heterocycles. The molecule has 8 nitrogen and oxygen atoms in total. The number of carbonyl (C=O) groups is 1. The maximum absolute atomic E-state index is 14.8. The van der Waals surface area contributed by atoms with Crippen LogP contribution in [0.5, 0.6) is 0 Å². The normalized spacial score (nSPS) is 14.5. The van der Waals surface area contributed by atoms with Crippen LogP contribution in [0.2, 0.25) is 5.02 Å². The van der Waals surface area contributed by atoms with E-state index in [0.717, 1.165) is 25.5 Å². The molecule has 0 radical (unpaired) electrons. The third kappa shape index (κ3) is 4.87. The predicted octanol–water partition coefficient (Wildman–Crippen LogP) is 2.61. The molecular weight excluding hydrogens is 444 g/mol. The Morgan fingerprint density at radius 3 is 2.75 bits per heavy atom. The molecule has 1 amide bonds. The Kier molecular flexibility index (Phi) is 6.63. The number of rotatable bonds is 6. The number of fused-ring (bicyclic) bond motifs is 1. The lowest BCUT2D eigenvalue weighted by Crippen LogP contribution is -2.41. The van der Waals surface area contributed by atoms with Crippen molar-refractivity contribution in [2.45, 2.75) is 0 Å². The number of amides is 1. The van der Waals surface area contributed by atoms with Gasteiger partial charge in [-0.25, -0.2) is 13.5 Å². The van der Waals surface area contributed by atoms with Crippen molar-refractivity contribution in [2.75, 3.05) is 44.7 Å². The van der Waals surface area contributed by atoms with E-state index in [0.29, 0.717) is 36.7 Å². The van der Waals surface area contributed by atoms with Gasteiger partial charge in [-0.1, -0.05) is 11.6 Å². The molecule has 1 aromatic heterocycles. The molecule has 2 heterocycles. The summed E-state index contributed by atoms with van der Waals surface area (Å²) in [4.78, 5) is 18.6. The van der Waals surface area contributed by atoms with Crippen molar-refractivity contribution in [3.63, 3.8) is 0 Å². The Balaban J connectivity index is 1.55.